The van der Waals surface area contributed by atoms with Gasteiger partial charge < -0.3 is 10.2 Å². The van der Waals surface area contributed by atoms with Crippen LogP contribution in [-0.4, -0.2) is 20.0 Å². The van der Waals surface area contributed by atoms with E-state index in [1.807, 2.05) is 13.0 Å². The van der Waals surface area contributed by atoms with Gasteiger partial charge in [0.15, 0.2) is 0 Å². The molecule has 0 saturated heterocycles. The number of hydrogen-bond acceptors (Lipinski definition) is 3. The van der Waals surface area contributed by atoms with Crippen LogP contribution in [-0.2, 0) is 13.5 Å². The Hall–Kier alpha value is -1.52. The summed E-state index contributed by atoms with van der Waals surface area (Å²) in [5.74, 6) is 0.189. The van der Waals surface area contributed by atoms with Crippen molar-refractivity contribution >= 4 is 11.6 Å². The van der Waals surface area contributed by atoms with Crippen molar-refractivity contribution in [3.63, 3.8) is 0 Å². The standard InChI is InChI=1S/C13H15ClN2O2/c1-8-12(13(14)16(2)15-8)11(18)7-9-4-3-5-10(17)6-9/h3-6,11,17-18H,7H2,1-2H3. The highest BCUT2D eigenvalue weighted by molar-refractivity contribution is 6.30. The molecule has 1 unspecified atom stereocenters. The Labute approximate surface area is 110 Å². The van der Waals surface area contributed by atoms with Crippen LogP contribution < -0.4 is 0 Å². The number of benzene rings is 1. The Bertz CT molecular complexity index is 566. The maximum Gasteiger partial charge on any atom is 0.132 e. The van der Waals surface area contributed by atoms with Gasteiger partial charge in [-0.2, -0.15) is 5.10 Å². The van der Waals surface area contributed by atoms with Crippen LogP contribution in [0, 0.1) is 6.92 Å². The van der Waals surface area contributed by atoms with E-state index in [1.165, 1.54) is 4.68 Å². The molecule has 0 fully saturated rings. The number of phenolic OH excluding ortho intramolecular Hbond substituents is 1. The van der Waals surface area contributed by atoms with Gasteiger partial charge in [-0.1, -0.05) is 23.7 Å². The van der Waals surface area contributed by atoms with Crippen molar-refractivity contribution in [3.05, 3.63) is 46.2 Å². The molecule has 5 heteroatoms. The number of phenols is 1. The van der Waals surface area contributed by atoms with Gasteiger partial charge in [-0.3, -0.25) is 4.68 Å². The van der Waals surface area contributed by atoms with E-state index in [-0.39, 0.29) is 5.75 Å². The van der Waals surface area contributed by atoms with E-state index in [2.05, 4.69) is 5.10 Å². The number of nitrogens with zero attached hydrogens (tertiary/aromatic N) is 2. The van der Waals surface area contributed by atoms with E-state index >= 15 is 0 Å². The number of halogens is 1. The summed E-state index contributed by atoms with van der Waals surface area (Å²) in [6.07, 6.45) is -0.339. The van der Waals surface area contributed by atoms with Crippen LogP contribution in [0.15, 0.2) is 24.3 Å². The summed E-state index contributed by atoms with van der Waals surface area (Å²) in [7, 11) is 1.74. The monoisotopic (exact) mass is 266 g/mol. The lowest BCUT2D eigenvalue weighted by molar-refractivity contribution is 0.177. The van der Waals surface area contributed by atoms with E-state index in [0.29, 0.717) is 17.1 Å². The largest absolute Gasteiger partial charge is 0.508 e. The fourth-order valence-electron chi connectivity index (χ4n) is 2.03. The summed E-state index contributed by atoms with van der Waals surface area (Å²) >= 11 is 6.10. The summed E-state index contributed by atoms with van der Waals surface area (Å²) in [6, 6.07) is 6.82. The van der Waals surface area contributed by atoms with Gasteiger partial charge in [0, 0.05) is 19.0 Å². The van der Waals surface area contributed by atoms with Crippen molar-refractivity contribution in [3.8, 4) is 5.75 Å². The molecule has 0 aliphatic carbocycles. The third kappa shape index (κ3) is 2.49. The molecule has 1 heterocycles. The van der Waals surface area contributed by atoms with Crippen LogP contribution in [0.4, 0.5) is 0 Å². The van der Waals surface area contributed by atoms with Crippen LogP contribution in [0.5, 0.6) is 5.75 Å². The normalized spacial score (nSPS) is 12.7. The minimum Gasteiger partial charge on any atom is -0.508 e. The Kier molecular flexibility index (Phi) is 3.59. The molecule has 96 valence electrons. The molecule has 1 aromatic heterocycles. The average Bonchev–Trinajstić information content (AvgIpc) is 2.53. The number of aromatic hydroxyl groups is 1. The number of aromatic nitrogens is 2. The predicted molar refractivity (Wildman–Crippen MR) is 69.7 cm³/mol. The molecule has 0 saturated carbocycles. The third-order valence-electron chi connectivity index (χ3n) is 2.87. The lowest BCUT2D eigenvalue weighted by atomic mass is 10.0. The summed E-state index contributed by atoms with van der Waals surface area (Å²) in [4.78, 5) is 0. The molecule has 2 rings (SSSR count). The lowest BCUT2D eigenvalue weighted by Gasteiger charge is -2.11. The third-order valence-corrected chi connectivity index (χ3v) is 3.32. The molecular weight excluding hydrogens is 252 g/mol. The first-order chi connectivity index (χ1) is 8.49. The quantitative estimate of drug-likeness (QED) is 0.897. The molecule has 0 amide bonds. The Balaban J connectivity index is 2.24. The molecular formula is C13H15ClN2O2. The zero-order valence-corrected chi connectivity index (χ0v) is 11.0. The first kappa shape index (κ1) is 12.9. The predicted octanol–water partition coefficient (Wildman–Crippen LogP) is 2.36. The Morgan fingerprint density at radius 2 is 2.17 bits per heavy atom. The summed E-state index contributed by atoms with van der Waals surface area (Å²) in [5, 5.41) is 24.2. The van der Waals surface area contributed by atoms with Crippen molar-refractivity contribution in [1.82, 2.24) is 9.78 Å². The first-order valence-corrected chi connectivity index (χ1v) is 6.02. The molecule has 0 radical (unpaired) electrons. The number of rotatable bonds is 3. The van der Waals surface area contributed by atoms with Crippen LogP contribution >= 0.6 is 11.6 Å². The second kappa shape index (κ2) is 5.00. The topological polar surface area (TPSA) is 58.3 Å². The Morgan fingerprint density at radius 3 is 2.72 bits per heavy atom. The molecule has 2 aromatic rings. The highest BCUT2D eigenvalue weighted by Crippen LogP contribution is 2.28. The van der Waals surface area contributed by atoms with E-state index in [0.717, 1.165) is 11.3 Å². The van der Waals surface area contributed by atoms with Crippen molar-refractivity contribution in [2.45, 2.75) is 19.4 Å². The molecule has 0 aliphatic heterocycles. The molecule has 2 N–H and O–H groups in total. The second-order valence-corrected chi connectivity index (χ2v) is 4.66. The SMILES string of the molecule is Cc1nn(C)c(Cl)c1C(O)Cc1cccc(O)c1. The van der Waals surface area contributed by atoms with Crippen molar-refractivity contribution in [2.24, 2.45) is 7.05 Å². The van der Waals surface area contributed by atoms with Gasteiger partial charge in [-0.25, -0.2) is 0 Å². The molecule has 0 aliphatic rings. The fraction of sp³-hybridized carbons (Fsp3) is 0.308. The first-order valence-electron chi connectivity index (χ1n) is 5.64. The van der Waals surface area contributed by atoms with E-state index in [9.17, 15) is 10.2 Å². The highest BCUT2D eigenvalue weighted by Gasteiger charge is 2.19. The minimum absolute atomic E-state index is 0.189. The molecule has 0 spiro atoms. The smallest absolute Gasteiger partial charge is 0.132 e. The van der Waals surface area contributed by atoms with Crippen molar-refractivity contribution in [1.29, 1.82) is 0 Å². The highest BCUT2D eigenvalue weighted by atomic mass is 35.5. The number of hydrogen-bond donors (Lipinski definition) is 2. The summed E-state index contributed by atoms with van der Waals surface area (Å²) in [6.45, 7) is 1.81. The fourth-order valence-corrected chi connectivity index (χ4v) is 2.33. The van der Waals surface area contributed by atoms with E-state index in [1.54, 1.807) is 25.2 Å². The van der Waals surface area contributed by atoms with Gasteiger partial charge in [0.2, 0.25) is 0 Å². The second-order valence-electron chi connectivity index (χ2n) is 4.30. The average molecular weight is 267 g/mol. The van der Waals surface area contributed by atoms with Gasteiger partial charge >= 0.3 is 0 Å². The molecule has 1 aromatic carbocycles. The van der Waals surface area contributed by atoms with Gasteiger partial charge in [0.1, 0.15) is 10.9 Å². The van der Waals surface area contributed by atoms with E-state index < -0.39 is 6.10 Å². The Morgan fingerprint density at radius 1 is 1.44 bits per heavy atom. The molecule has 1 atom stereocenters. The van der Waals surface area contributed by atoms with Gasteiger partial charge in [0.25, 0.3) is 0 Å². The maximum absolute atomic E-state index is 10.2. The molecule has 4 nitrogen and oxygen atoms in total. The van der Waals surface area contributed by atoms with Crippen LogP contribution in [0.25, 0.3) is 0 Å². The molecule has 0 bridgehead atoms. The van der Waals surface area contributed by atoms with Gasteiger partial charge in [-0.05, 0) is 24.6 Å². The maximum atomic E-state index is 10.2. The molecule has 18 heavy (non-hydrogen) atoms. The van der Waals surface area contributed by atoms with Crippen LogP contribution in [0.3, 0.4) is 0 Å². The van der Waals surface area contributed by atoms with E-state index in [4.69, 9.17) is 11.6 Å². The van der Waals surface area contributed by atoms with Gasteiger partial charge in [0.05, 0.1) is 11.8 Å². The minimum atomic E-state index is -0.729. The van der Waals surface area contributed by atoms with Crippen LogP contribution in [0.1, 0.15) is 22.9 Å². The van der Waals surface area contributed by atoms with Crippen molar-refractivity contribution < 1.29 is 10.2 Å². The van der Waals surface area contributed by atoms with Gasteiger partial charge in [-0.15, -0.1) is 0 Å². The zero-order valence-electron chi connectivity index (χ0n) is 10.3. The number of aliphatic hydroxyl groups is 1. The summed E-state index contributed by atoms with van der Waals surface area (Å²) < 4.78 is 1.54. The number of aryl methyl sites for hydroxylation is 2. The van der Waals surface area contributed by atoms with Crippen LogP contribution in [0.2, 0.25) is 5.15 Å². The number of aliphatic hydroxyl groups excluding tert-OH is 1. The lowest BCUT2D eigenvalue weighted by Crippen LogP contribution is -2.03. The zero-order chi connectivity index (χ0) is 13.3. The summed E-state index contributed by atoms with van der Waals surface area (Å²) in [5.41, 5.74) is 2.21. The van der Waals surface area contributed by atoms with Crippen molar-refractivity contribution in [2.75, 3.05) is 0 Å².